The van der Waals surface area contributed by atoms with E-state index in [0.717, 1.165) is 18.5 Å². The zero-order valence-electron chi connectivity index (χ0n) is 12.9. The molecule has 2 rings (SSSR count). The van der Waals surface area contributed by atoms with Gasteiger partial charge in [0.05, 0.1) is 0 Å². The van der Waals surface area contributed by atoms with Crippen molar-refractivity contribution in [2.75, 3.05) is 25.5 Å². The predicted molar refractivity (Wildman–Crippen MR) is 87.3 cm³/mol. The summed E-state index contributed by atoms with van der Waals surface area (Å²) in [6, 6.07) is 15.5. The maximum Gasteiger partial charge on any atom is 0.123 e. The minimum atomic E-state index is -0.176. The minimum absolute atomic E-state index is 0.176. The maximum atomic E-state index is 13.3. The van der Waals surface area contributed by atoms with Crippen LogP contribution in [0.1, 0.15) is 24.1 Å². The molecule has 2 aromatic rings. The molecule has 2 nitrogen and oxygen atoms in total. The molecule has 21 heavy (non-hydrogen) atoms. The number of halogens is 1. The highest BCUT2D eigenvalue weighted by molar-refractivity contribution is 5.48. The highest BCUT2D eigenvalue weighted by atomic mass is 19.1. The van der Waals surface area contributed by atoms with E-state index in [0.29, 0.717) is 0 Å². The SMILES string of the molecule is CCNC(Cc1cccc(F)c1)c1cccc(N(C)C)c1. The van der Waals surface area contributed by atoms with E-state index in [1.54, 1.807) is 12.1 Å². The van der Waals surface area contributed by atoms with Crippen LogP contribution in [0.2, 0.25) is 0 Å². The second-order valence-electron chi connectivity index (χ2n) is 5.43. The van der Waals surface area contributed by atoms with Crippen molar-refractivity contribution in [1.82, 2.24) is 5.32 Å². The molecule has 0 fully saturated rings. The van der Waals surface area contributed by atoms with Crippen molar-refractivity contribution in [1.29, 1.82) is 0 Å². The van der Waals surface area contributed by atoms with Gasteiger partial charge in [0.15, 0.2) is 0 Å². The Kier molecular flexibility index (Phi) is 5.34. The smallest absolute Gasteiger partial charge is 0.123 e. The molecule has 0 aliphatic carbocycles. The van der Waals surface area contributed by atoms with E-state index in [-0.39, 0.29) is 11.9 Å². The van der Waals surface area contributed by atoms with Gasteiger partial charge >= 0.3 is 0 Å². The fourth-order valence-corrected chi connectivity index (χ4v) is 2.47. The highest BCUT2D eigenvalue weighted by Gasteiger charge is 2.12. The Morgan fingerprint density at radius 1 is 1.10 bits per heavy atom. The molecule has 0 saturated heterocycles. The van der Waals surface area contributed by atoms with Crippen LogP contribution in [0.15, 0.2) is 48.5 Å². The summed E-state index contributed by atoms with van der Waals surface area (Å²) in [7, 11) is 4.07. The molecule has 0 radical (unpaired) electrons. The van der Waals surface area contributed by atoms with Crippen LogP contribution in [-0.2, 0) is 6.42 Å². The molecule has 0 bridgehead atoms. The Balaban J connectivity index is 2.24. The summed E-state index contributed by atoms with van der Waals surface area (Å²) >= 11 is 0. The van der Waals surface area contributed by atoms with Crippen molar-refractivity contribution in [3.63, 3.8) is 0 Å². The Hall–Kier alpha value is -1.87. The number of rotatable bonds is 6. The average Bonchev–Trinajstić information content (AvgIpc) is 2.47. The highest BCUT2D eigenvalue weighted by Crippen LogP contribution is 2.23. The van der Waals surface area contributed by atoms with Gasteiger partial charge in [0.2, 0.25) is 0 Å². The molecule has 112 valence electrons. The first-order valence-corrected chi connectivity index (χ1v) is 7.35. The van der Waals surface area contributed by atoms with Crippen LogP contribution in [0.5, 0.6) is 0 Å². The fourth-order valence-electron chi connectivity index (χ4n) is 2.47. The van der Waals surface area contributed by atoms with Crippen LogP contribution in [0.4, 0.5) is 10.1 Å². The number of nitrogens with one attached hydrogen (secondary N) is 1. The van der Waals surface area contributed by atoms with Gasteiger partial charge in [-0.2, -0.15) is 0 Å². The third kappa shape index (κ3) is 4.30. The summed E-state index contributed by atoms with van der Waals surface area (Å²) in [6.45, 7) is 2.97. The monoisotopic (exact) mass is 286 g/mol. The molecular weight excluding hydrogens is 263 g/mol. The van der Waals surface area contributed by atoms with Crippen LogP contribution in [0.3, 0.4) is 0 Å². The third-order valence-corrected chi connectivity index (χ3v) is 3.57. The van der Waals surface area contributed by atoms with Crippen molar-refractivity contribution in [2.45, 2.75) is 19.4 Å². The molecule has 1 atom stereocenters. The van der Waals surface area contributed by atoms with Crippen LogP contribution in [0.25, 0.3) is 0 Å². The first-order valence-electron chi connectivity index (χ1n) is 7.35. The zero-order chi connectivity index (χ0) is 15.2. The normalized spacial score (nSPS) is 12.2. The molecule has 1 N–H and O–H groups in total. The van der Waals surface area contributed by atoms with E-state index >= 15 is 0 Å². The van der Waals surface area contributed by atoms with Gasteiger partial charge in [-0.15, -0.1) is 0 Å². The summed E-state index contributed by atoms with van der Waals surface area (Å²) in [5.74, 6) is -0.176. The standard InChI is InChI=1S/C18H23FN2/c1-4-20-18(12-14-7-5-9-16(19)11-14)15-8-6-10-17(13-15)21(2)3/h5-11,13,18,20H,4,12H2,1-3H3. The van der Waals surface area contributed by atoms with Gasteiger partial charge < -0.3 is 10.2 Å². The summed E-state index contributed by atoms with van der Waals surface area (Å²) in [5.41, 5.74) is 3.41. The topological polar surface area (TPSA) is 15.3 Å². The summed E-state index contributed by atoms with van der Waals surface area (Å²) in [5, 5.41) is 3.49. The largest absolute Gasteiger partial charge is 0.378 e. The predicted octanol–water partition coefficient (Wildman–Crippen LogP) is 3.79. The van der Waals surface area contributed by atoms with Gasteiger partial charge in [-0.25, -0.2) is 4.39 Å². The first kappa shape index (κ1) is 15.5. The molecule has 0 heterocycles. The number of benzene rings is 2. The quantitative estimate of drug-likeness (QED) is 0.869. The number of likely N-dealkylation sites (N-methyl/N-ethyl adjacent to an activating group) is 1. The van der Waals surface area contributed by atoms with E-state index in [1.165, 1.54) is 17.3 Å². The van der Waals surface area contributed by atoms with Crippen LogP contribution < -0.4 is 10.2 Å². The molecular formula is C18H23FN2. The van der Waals surface area contributed by atoms with Crippen molar-refractivity contribution < 1.29 is 4.39 Å². The molecule has 0 saturated carbocycles. The number of anilines is 1. The Labute approximate surface area is 126 Å². The lowest BCUT2D eigenvalue weighted by Crippen LogP contribution is -2.23. The maximum absolute atomic E-state index is 13.3. The van der Waals surface area contributed by atoms with Crippen molar-refractivity contribution in [3.05, 3.63) is 65.5 Å². The minimum Gasteiger partial charge on any atom is -0.378 e. The van der Waals surface area contributed by atoms with Gasteiger partial charge in [0, 0.05) is 25.8 Å². The molecule has 0 aliphatic heterocycles. The van der Waals surface area contributed by atoms with Gasteiger partial charge in [0.1, 0.15) is 5.82 Å². The van der Waals surface area contributed by atoms with Crippen molar-refractivity contribution in [2.24, 2.45) is 0 Å². The van der Waals surface area contributed by atoms with Gasteiger partial charge in [-0.3, -0.25) is 0 Å². The van der Waals surface area contributed by atoms with Crippen LogP contribution >= 0.6 is 0 Å². The summed E-state index contributed by atoms with van der Waals surface area (Å²) in [4.78, 5) is 2.09. The molecule has 3 heteroatoms. The van der Waals surface area contributed by atoms with Crippen molar-refractivity contribution in [3.8, 4) is 0 Å². The first-order chi connectivity index (χ1) is 10.1. The third-order valence-electron chi connectivity index (χ3n) is 3.57. The van der Waals surface area contributed by atoms with E-state index in [2.05, 4.69) is 41.4 Å². The lowest BCUT2D eigenvalue weighted by Gasteiger charge is -2.21. The molecule has 0 aliphatic rings. The van der Waals surface area contributed by atoms with Gasteiger partial charge in [-0.1, -0.05) is 31.2 Å². The zero-order valence-corrected chi connectivity index (χ0v) is 12.9. The molecule has 2 aromatic carbocycles. The molecule has 0 aromatic heterocycles. The number of hydrogen-bond acceptors (Lipinski definition) is 2. The average molecular weight is 286 g/mol. The fraction of sp³-hybridized carbons (Fsp3) is 0.333. The summed E-state index contributed by atoms with van der Waals surface area (Å²) < 4.78 is 13.3. The molecule has 0 spiro atoms. The van der Waals surface area contributed by atoms with Crippen molar-refractivity contribution >= 4 is 5.69 Å². The number of nitrogens with zero attached hydrogens (tertiary/aromatic N) is 1. The lowest BCUT2D eigenvalue weighted by molar-refractivity contribution is 0.546. The van der Waals surface area contributed by atoms with Gasteiger partial charge in [0.25, 0.3) is 0 Å². The van der Waals surface area contributed by atoms with Crippen LogP contribution in [0, 0.1) is 5.82 Å². The van der Waals surface area contributed by atoms with E-state index in [9.17, 15) is 4.39 Å². The second kappa shape index (κ2) is 7.23. The Morgan fingerprint density at radius 2 is 1.86 bits per heavy atom. The van der Waals surface area contributed by atoms with Crippen LogP contribution in [-0.4, -0.2) is 20.6 Å². The van der Waals surface area contributed by atoms with Gasteiger partial charge in [-0.05, 0) is 48.4 Å². The Morgan fingerprint density at radius 3 is 2.52 bits per heavy atom. The van der Waals surface area contributed by atoms with E-state index in [1.807, 2.05) is 20.2 Å². The lowest BCUT2D eigenvalue weighted by atomic mass is 9.98. The molecule has 0 amide bonds. The summed E-state index contributed by atoms with van der Waals surface area (Å²) in [6.07, 6.45) is 0.780. The second-order valence-corrected chi connectivity index (χ2v) is 5.43. The van der Waals surface area contributed by atoms with E-state index < -0.39 is 0 Å². The Bertz CT molecular complexity index is 581. The molecule has 1 unspecified atom stereocenters. The van der Waals surface area contributed by atoms with E-state index in [4.69, 9.17) is 0 Å². The number of hydrogen-bond donors (Lipinski definition) is 1.